The Kier molecular flexibility index (Phi) is 4.24. The maximum absolute atomic E-state index is 13.3. The minimum absolute atomic E-state index is 0.0261. The van der Waals surface area contributed by atoms with Gasteiger partial charge in [-0.25, -0.2) is 4.39 Å². The van der Waals surface area contributed by atoms with E-state index in [1.54, 1.807) is 6.07 Å². The molecule has 2 aromatic carbocycles. The Bertz CT molecular complexity index is 652. The molecule has 1 saturated carbocycles. The van der Waals surface area contributed by atoms with Gasteiger partial charge in [0, 0.05) is 21.7 Å². The van der Waals surface area contributed by atoms with Crippen LogP contribution in [-0.2, 0) is 6.54 Å². The summed E-state index contributed by atoms with van der Waals surface area (Å²) in [5.74, 6) is -0.233. The fourth-order valence-electron chi connectivity index (χ4n) is 2.34. The number of benzene rings is 2. The lowest BCUT2D eigenvalue weighted by Crippen LogP contribution is -2.32. The quantitative estimate of drug-likeness (QED) is 0.710. The van der Waals surface area contributed by atoms with Gasteiger partial charge in [0.05, 0.1) is 0 Å². The number of carbonyl (C=O) groups is 1. The van der Waals surface area contributed by atoms with Gasteiger partial charge in [0.1, 0.15) is 5.82 Å². The molecule has 1 aliphatic carbocycles. The molecule has 0 saturated heterocycles. The molecule has 1 aliphatic rings. The maximum Gasteiger partial charge on any atom is 0.254 e. The third-order valence-electron chi connectivity index (χ3n) is 3.58. The Morgan fingerprint density at radius 1 is 1.19 bits per heavy atom. The number of hydrogen-bond donors (Lipinski definition) is 0. The van der Waals surface area contributed by atoms with Crippen molar-refractivity contribution in [3.63, 3.8) is 0 Å². The van der Waals surface area contributed by atoms with E-state index in [2.05, 4.69) is 22.6 Å². The third kappa shape index (κ3) is 3.61. The minimum Gasteiger partial charge on any atom is -0.331 e. The van der Waals surface area contributed by atoms with Gasteiger partial charge in [0.25, 0.3) is 5.91 Å². The van der Waals surface area contributed by atoms with Gasteiger partial charge in [-0.3, -0.25) is 4.79 Å². The minimum atomic E-state index is -0.259. The molecule has 0 unspecified atom stereocenters. The van der Waals surface area contributed by atoms with E-state index >= 15 is 0 Å². The zero-order chi connectivity index (χ0) is 14.8. The number of hydrogen-bond acceptors (Lipinski definition) is 1. The van der Waals surface area contributed by atoms with Crippen LogP contribution in [0.3, 0.4) is 0 Å². The first-order valence-electron chi connectivity index (χ1n) is 6.94. The highest BCUT2D eigenvalue weighted by molar-refractivity contribution is 14.1. The Balaban J connectivity index is 1.81. The summed E-state index contributed by atoms with van der Waals surface area (Å²) in [6.07, 6.45) is 2.07. The summed E-state index contributed by atoms with van der Waals surface area (Å²) >= 11 is 2.22. The first-order valence-corrected chi connectivity index (χ1v) is 8.02. The van der Waals surface area contributed by atoms with Crippen molar-refractivity contribution in [2.24, 2.45) is 0 Å². The van der Waals surface area contributed by atoms with Crippen LogP contribution < -0.4 is 0 Å². The van der Waals surface area contributed by atoms with E-state index in [1.165, 1.54) is 12.1 Å². The zero-order valence-corrected chi connectivity index (χ0v) is 13.6. The van der Waals surface area contributed by atoms with Crippen molar-refractivity contribution in [3.8, 4) is 0 Å². The first kappa shape index (κ1) is 14.5. The molecule has 0 bridgehead atoms. The first-order chi connectivity index (χ1) is 10.1. The molecule has 0 aliphatic heterocycles. The summed E-state index contributed by atoms with van der Waals surface area (Å²) in [4.78, 5) is 14.5. The molecule has 0 atom stereocenters. The van der Waals surface area contributed by atoms with Gasteiger partial charge in [0.2, 0.25) is 0 Å². The summed E-state index contributed by atoms with van der Waals surface area (Å²) in [5, 5.41) is 0. The van der Waals surface area contributed by atoms with Gasteiger partial charge in [-0.1, -0.05) is 12.1 Å². The van der Waals surface area contributed by atoms with Crippen LogP contribution in [0.1, 0.15) is 28.8 Å². The number of amides is 1. The van der Waals surface area contributed by atoms with E-state index < -0.39 is 0 Å². The lowest BCUT2D eigenvalue weighted by atomic mass is 10.1. The fraction of sp³-hybridized carbons (Fsp3) is 0.235. The molecule has 0 heterocycles. The third-order valence-corrected chi connectivity index (χ3v) is 4.30. The SMILES string of the molecule is O=C(c1ccc(I)cc1)N(Cc1cccc(F)c1)C1CC1. The molecule has 4 heteroatoms. The van der Waals surface area contributed by atoms with E-state index in [0.29, 0.717) is 18.2 Å². The van der Waals surface area contributed by atoms with Crippen LogP contribution in [0.5, 0.6) is 0 Å². The van der Waals surface area contributed by atoms with E-state index in [9.17, 15) is 9.18 Å². The molecule has 21 heavy (non-hydrogen) atoms. The highest BCUT2D eigenvalue weighted by atomic mass is 127. The lowest BCUT2D eigenvalue weighted by molar-refractivity contribution is 0.0729. The van der Waals surface area contributed by atoms with Crippen molar-refractivity contribution in [1.82, 2.24) is 4.90 Å². The molecule has 2 nitrogen and oxygen atoms in total. The highest BCUT2D eigenvalue weighted by Gasteiger charge is 2.33. The number of carbonyl (C=O) groups excluding carboxylic acids is 1. The van der Waals surface area contributed by atoms with Crippen LogP contribution in [0.25, 0.3) is 0 Å². The molecule has 0 aromatic heterocycles. The summed E-state index contributed by atoms with van der Waals surface area (Å²) in [5.41, 5.74) is 1.53. The van der Waals surface area contributed by atoms with Crippen molar-refractivity contribution >= 4 is 28.5 Å². The summed E-state index contributed by atoms with van der Waals surface area (Å²) in [6.45, 7) is 0.466. The van der Waals surface area contributed by atoms with Gasteiger partial charge >= 0.3 is 0 Å². The smallest absolute Gasteiger partial charge is 0.254 e. The molecule has 3 rings (SSSR count). The normalized spacial score (nSPS) is 14.0. The Morgan fingerprint density at radius 2 is 1.90 bits per heavy atom. The molecule has 1 fully saturated rings. The molecular weight excluding hydrogens is 380 g/mol. The highest BCUT2D eigenvalue weighted by Crippen LogP contribution is 2.30. The van der Waals surface area contributed by atoms with Crippen LogP contribution in [0, 0.1) is 9.39 Å². The average molecular weight is 395 g/mol. The summed E-state index contributed by atoms with van der Waals surface area (Å²) < 4.78 is 14.4. The van der Waals surface area contributed by atoms with Crippen molar-refractivity contribution in [1.29, 1.82) is 0 Å². The van der Waals surface area contributed by atoms with Crippen molar-refractivity contribution in [2.45, 2.75) is 25.4 Å². The predicted octanol–water partition coefficient (Wildman–Crippen LogP) is 4.24. The second-order valence-electron chi connectivity index (χ2n) is 5.30. The van der Waals surface area contributed by atoms with Crippen LogP contribution in [-0.4, -0.2) is 16.8 Å². The van der Waals surface area contributed by atoms with Crippen LogP contribution in [0.15, 0.2) is 48.5 Å². The van der Waals surface area contributed by atoms with E-state index in [4.69, 9.17) is 0 Å². The molecule has 0 N–H and O–H groups in total. The van der Waals surface area contributed by atoms with E-state index in [1.807, 2.05) is 35.2 Å². The van der Waals surface area contributed by atoms with Gasteiger partial charge in [-0.15, -0.1) is 0 Å². The molecule has 0 radical (unpaired) electrons. The van der Waals surface area contributed by atoms with Gasteiger partial charge in [0.15, 0.2) is 0 Å². The molecule has 2 aromatic rings. The molecule has 0 spiro atoms. The Morgan fingerprint density at radius 3 is 2.52 bits per heavy atom. The standard InChI is InChI=1S/C17H15FINO/c18-14-3-1-2-12(10-14)11-20(16-8-9-16)17(21)13-4-6-15(19)7-5-13/h1-7,10,16H,8-9,11H2. The van der Waals surface area contributed by atoms with Gasteiger partial charge in [-0.05, 0) is 77.4 Å². The maximum atomic E-state index is 13.3. The Labute approximate surface area is 137 Å². The molecule has 1 amide bonds. The van der Waals surface area contributed by atoms with Crippen LogP contribution in [0.4, 0.5) is 4.39 Å². The van der Waals surface area contributed by atoms with E-state index in [0.717, 1.165) is 22.0 Å². The fourth-order valence-corrected chi connectivity index (χ4v) is 2.70. The van der Waals surface area contributed by atoms with Crippen LogP contribution in [0.2, 0.25) is 0 Å². The lowest BCUT2D eigenvalue weighted by Gasteiger charge is -2.22. The largest absolute Gasteiger partial charge is 0.331 e. The Hall–Kier alpha value is -1.43. The summed E-state index contributed by atoms with van der Waals surface area (Å²) in [6, 6.07) is 14.3. The van der Waals surface area contributed by atoms with Gasteiger partial charge < -0.3 is 4.90 Å². The number of rotatable bonds is 4. The summed E-state index contributed by atoms with van der Waals surface area (Å²) in [7, 11) is 0. The topological polar surface area (TPSA) is 20.3 Å². The van der Waals surface area contributed by atoms with Crippen molar-refractivity contribution in [3.05, 3.63) is 69.0 Å². The van der Waals surface area contributed by atoms with Crippen LogP contribution >= 0.6 is 22.6 Å². The van der Waals surface area contributed by atoms with Crippen molar-refractivity contribution in [2.75, 3.05) is 0 Å². The second kappa shape index (κ2) is 6.13. The average Bonchev–Trinajstić information content (AvgIpc) is 3.29. The molecular formula is C17H15FINO. The molecule has 108 valence electrons. The van der Waals surface area contributed by atoms with Crippen molar-refractivity contribution < 1.29 is 9.18 Å². The van der Waals surface area contributed by atoms with E-state index in [-0.39, 0.29) is 11.7 Å². The van der Waals surface area contributed by atoms with Gasteiger partial charge in [-0.2, -0.15) is 0 Å². The predicted molar refractivity (Wildman–Crippen MR) is 88.5 cm³/mol. The number of halogens is 2. The zero-order valence-electron chi connectivity index (χ0n) is 11.4. The number of nitrogens with zero attached hydrogens (tertiary/aromatic N) is 1. The second-order valence-corrected chi connectivity index (χ2v) is 6.55. The monoisotopic (exact) mass is 395 g/mol.